The first-order chi connectivity index (χ1) is 15.6. The number of ketones is 1. The van der Waals surface area contributed by atoms with Crippen molar-refractivity contribution >= 4 is 29.2 Å². The molecule has 4 rings (SSSR count). The van der Waals surface area contributed by atoms with E-state index in [9.17, 15) is 27.6 Å². The first-order valence-electron chi connectivity index (χ1n) is 10.5. The molecule has 3 aliphatic carbocycles. The summed E-state index contributed by atoms with van der Waals surface area (Å²) < 4.78 is 43.8. The summed E-state index contributed by atoms with van der Waals surface area (Å²) in [5.74, 6) is -3.41. The molecule has 0 aromatic carbocycles. The normalized spacial score (nSPS) is 22.1. The Hall–Kier alpha value is -3.43. The number of hydrogen-bond acceptors (Lipinski definition) is 6. The molecule has 0 saturated heterocycles. The van der Waals surface area contributed by atoms with Crippen LogP contribution >= 0.6 is 0 Å². The maximum absolute atomic E-state index is 13.0. The van der Waals surface area contributed by atoms with E-state index < -0.39 is 36.2 Å². The van der Waals surface area contributed by atoms with Gasteiger partial charge in [0.1, 0.15) is 17.2 Å². The Morgan fingerprint density at radius 3 is 2.67 bits per heavy atom. The number of carbonyl (C=O) groups is 3. The number of alkyl halides is 3. The Morgan fingerprint density at radius 2 is 2.00 bits per heavy atom. The average molecular weight is 461 g/mol. The lowest BCUT2D eigenvalue weighted by molar-refractivity contribution is -0.150. The number of ether oxygens (including phenoxy) is 1. The van der Waals surface area contributed by atoms with Crippen LogP contribution in [0.3, 0.4) is 0 Å². The monoisotopic (exact) mass is 461 g/mol. The number of nitrogens with zero attached hydrogens (tertiary/aromatic N) is 1. The molecule has 10 heteroatoms. The van der Waals surface area contributed by atoms with Gasteiger partial charge in [-0.15, -0.1) is 0 Å². The van der Waals surface area contributed by atoms with Crippen molar-refractivity contribution < 1.29 is 32.3 Å². The lowest BCUT2D eigenvalue weighted by atomic mass is 9.84. The highest BCUT2D eigenvalue weighted by atomic mass is 19.4. The van der Waals surface area contributed by atoms with Crippen LogP contribution in [0.25, 0.3) is 0 Å². The van der Waals surface area contributed by atoms with Crippen molar-refractivity contribution in [3.8, 4) is 0 Å². The first-order valence-corrected chi connectivity index (χ1v) is 10.5. The summed E-state index contributed by atoms with van der Waals surface area (Å²) in [4.78, 5) is 41.4. The number of halogens is 3. The number of pyridine rings is 1. The molecular weight excluding hydrogens is 439 g/mol. The molecule has 1 aromatic rings. The Labute approximate surface area is 187 Å². The molecule has 33 heavy (non-hydrogen) atoms. The van der Waals surface area contributed by atoms with Crippen LogP contribution in [-0.4, -0.2) is 35.9 Å². The lowest BCUT2D eigenvalue weighted by Gasteiger charge is -2.26. The summed E-state index contributed by atoms with van der Waals surface area (Å²) in [7, 11) is 1.20. The molecule has 2 bridgehead atoms. The summed E-state index contributed by atoms with van der Waals surface area (Å²) in [5, 5.41) is 5.70. The highest BCUT2D eigenvalue weighted by Crippen LogP contribution is 2.37. The standard InChI is InChI=1S/C23H22F3N3O4/c1-33-22(32)16-11-27-19(29-21(31)13-5-6-13)9-18(16)28-17-7-3-12-2-4-14(10-23(24,25)26)20(30)15(17)8-12/h2-4,7,9,11,13-15H,5-6,8,10H2,1H3,(H2,27,28,29,31). The van der Waals surface area contributed by atoms with Gasteiger partial charge in [0.05, 0.1) is 25.1 Å². The number of methoxy groups -OCH3 is 1. The number of rotatable bonds is 6. The van der Waals surface area contributed by atoms with Gasteiger partial charge in [-0.05, 0) is 30.9 Å². The zero-order valence-corrected chi connectivity index (χ0v) is 17.7. The molecular formula is C23H22F3N3O4. The summed E-state index contributed by atoms with van der Waals surface area (Å²) in [6, 6.07) is 1.44. The number of anilines is 2. The van der Waals surface area contributed by atoms with Gasteiger partial charge in [0.2, 0.25) is 5.91 Å². The number of allylic oxidation sites excluding steroid dienone is 6. The van der Waals surface area contributed by atoms with Crippen molar-refractivity contribution in [3.63, 3.8) is 0 Å². The van der Waals surface area contributed by atoms with E-state index in [0.717, 1.165) is 18.4 Å². The van der Waals surface area contributed by atoms with Crippen molar-refractivity contribution in [2.75, 3.05) is 17.7 Å². The molecule has 3 aliphatic rings. The summed E-state index contributed by atoms with van der Waals surface area (Å²) in [6.45, 7) is 0. The highest BCUT2D eigenvalue weighted by molar-refractivity contribution is 5.98. The maximum atomic E-state index is 13.0. The summed E-state index contributed by atoms with van der Waals surface area (Å²) in [6.07, 6.45) is 3.56. The quantitative estimate of drug-likeness (QED) is 0.618. The van der Waals surface area contributed by atoms with Crippen LogP contribution in [-0.2, 0) is 14.3 Å². The van der Waals surface area contributed by atoms with Crippen LogP contribution in [0.15, 0.2) is 47.8 Å². The fraction of sp³-hybridized carbons (Fsp3) is 0.391. The van der Waals surface area contributed by atoms with Crippen molar-refractivity contribution in [2.24, 2.45) is 17.8 Å². The van der Waals surface area contributed by atoms with Crippen LogP contribution in [0.2, 0.25) is 0 Å². The van der Waals surface area contributed by atoms with Gasteiger partial charge in [-0.3, -0.25) is 9.59 Å². The van der Waals surface area contributed by atoms with E-state index in [1.54, 1.807) is 18.2 Å². The average Bonchev–Trinajstić information content (AvgIpc) is 3.61. The third-order valence-electron chi connectivity index (χ3n) is 5.78. The minimum Gasteiger partial charge on any atom is -0.465 e. The molecule has 1 fully saturated rings. The lowest BCUT2D eigenvalue weighted by Crippen LogP contribution is -2.30. The van der Waals surface area contributed by atoms with Crippen molar-refractivity contribution in [1.29, 1.82) is 0 Å². The van der Waals surface area contributed by atoms with E-state index in [-0.39, 0.29) is 35.3 Å². The van der Waals surface area contributed by atoms with Gasteiger partial charge < -0.3 is 15.4 Å². The second-order valence-electron chi connectivity index (χ2n) is 8.30. The SMILES string of the molecule is COC(=O)c1cnc(NC(=O)C2CC2)cc1NC1=CC=C2C=CC(CC(F)(F)F)C(=O)C1C2. The number of Topliss-reactive ketones (excluding diaryl/α,β-unsaturated/α-hetero) is 1. The number of esters is 1. The smallest absolute Gasteiger partial charge is 0.390 e. The molecule has 1 amide bonds. The van der Waals surface area contributed by atoms with Crippen LogP contribution in [0.4, 0.5) is 24.7 Å². The predicted molar refractivity (Wildman–Crippen MR) is 113 cm³/mol. The number of fused-ring (bicyclic) bond motifs is 2. The Kier molecular flexibility index (Phi) is 6.09. The van der Waals surface area contributed by atoms with Gasteiger partial charge in [-0.2, -0.15) is 13.2 Å². The minimum atomic E-state index is -4.48. The van der Waals surface area contributed by atoms with Crippen LogP contribution in [0.1, 0.15) is 36.0 Å². The van der Waals surface area contributed by atoms with Gasteiger partial charge in [-0.25, -0.2) is 9.78 Å². The second-order valence-corrected chi connectivity index (χ2v) is 8.30. The van der Waals surface area contributed by atoms with Crippen LogP contribution in [0, 0.1) is 17.8 Å². The first kappa shape index (κ1) is 22.8. The van der Waals surface area contributed by atoms with E-state index in [4.69, 9.17) is 4.74 Å². The fourth-order valence-electron chi connectivity index (χ4n) is 3.87. The molecule has 1 saturated carbocycles. The van der Waals surface area contributed by atoms with Crippen molar-refractivity contribution in [2.45, 2.75) is 31.9 Å². The largest absolute Gasteiger partial charge is 0.465 e. The third kappa shape index (κ3) is 5.32. The maximum Gasteiger partial charge on any atom is 0.390 e. The summed E-state index contributed by atoms with van der Waals surface area (Å²) >= 11 is 0. The van der Waals surface area contributed by atoms with E-state index in [2.05, 4.69) is 15.6 Å². The zero-order valence-electron chi connectivity index (χ0n) is 17.7. The van der Waals surface area contributed by atoms with E-state index >= 15 is 0 Å². The predicted octanol–water partition coefficient (Wildman–Crippen LogP) is 4.17. The van der Waals surface area contributed by atoms with Crippen molar-refractivity contribution in [1.82, 2.24) is 4.98 Å². The molecule has 2 atom stereocenters. The molecule has 2 N–H and O–H groups in total. The number of aromatic nitrogens is 1. The van der Waals surface area contributed by atoms with E-state index in [1.165, 1.54) is 25.4 Å². The number of carbonyl (C=O) groups excluding carboxylic acids is 3. The minimum absolute atomic E-state index is 0.0589. The van der Waals surface area contributed by atoms with Gasteiger partial charge >= 0.3 is 12.1 Å². The van der Waals surface area contributed by atoms with Gasteiger partial charge in [-0.1, -0.05) is 18.2 Å². The molecule has 7 nitrogen and oxygen atoms in total. The number of amides is 1. The molecule has 0 spiro atoms. The molecule has 1 aromatic heterocycles. The zero-order chi connectivity index (χ0) is 23.8. The van der Waals surface area contributed by atoms with Gasteiger partial charge in [0.15, 0.2) is 0 Å². The molecule has 0 aliphatic heterocycles. The van der Waals surface area contributed by atoms with E-state index in [0.29, 0.717) is 5.70 Å². The van der Waals surface area contributed by atoms with E-state index in [1.807, 2.05) is 0 Å². The van der Waals surface area contributed by atoms with Gasteiger partial charge in [0, 0.05) is 29.8 Å². The van der Waals surface area contributed by atoms with Crippen molar-refractivity contribution in [3.05, 3.63) is 53.4 Å². The molecule has 2 unspecified atom stereocenters. The topological polar surface area (TPSA) is 97.4 Å². The fourth-order valence-corrected chi connectivity index (χ4v) is 3.87. The van der Waals surface area contributed by atoms with Gasteiger partial charge in [0.25, 0.3) is 0 Å². The second kappa shape index (κ2) is 8.84. The Bertz CT molecular complexity index is 1090. The third-order valence-corrected chi connectivity index (χ3v) is 5.78. The number of nitrogens with one attached hydrogen (secondary N) is 2. The number of hydrogen-bond donors (Lipinski definition) is 2. The molecule has 1 heterocycles. The van der Waals surface area contributed by atoms with Crippen LogP contribution in [0.5, 0.6) is 0 Å². The Balaban J connectivity index is 1.63. The highest BCUT2D eigenvalue weighted by Gasteiger charge is 2.39. The Morgan fingerprint density at radius 1 is 1.24 bits per heavy atom. The molecule has 0 radical (unpaired) electrons. The van der Waals surface area contributed by atoms with Crippen LogP contribution < -0.4 is 10.6 Å². The molecule has 174 valence electrons. The summed E-state index contributed by atoms with van der Waals surface area (Å²) in [5.41, 5.74) is 1.38.